The molecule has 1 aliphatic rings. The van der Waals surface area contributed by atoms with Crippen molar-refractivity contribution in [3.8, 4) is 0 Å². The monoisotopic (exact) mass is 270 g/mol. The Balaban J connectivity index is 0.000000982. The molecule has 0 heterocycles. The van der Waals surface area contributed by atoms with E-state index >= 15 is 0 Å². The maximum atomic E-state index is 11.6. The lowest BCUT2D eigenvalue weighted by Gasteiger charge is -2.25. The van der Waals surface area contributed by atoms with Crippen molar-refractivity contribution in [3.63, 3.8) is 0 Å². The van der Waals surface area contributed by atoms with Gasteiger partial charge in [0, 0.05) is 5.92 Å². The van der Waals surface area contributed by atoms with Crippen LogP contribution in [0.25, 0.3) is 0 Å². The zero-order valence-electron chi connectivity index (χ0n) is 11.4. The third-order valence-corrected chi connectivity index (χ3v) is 2.81. The summed E-state index contributed by atoms with van der Waals surface area (Å²) in [6.45, 7) is 5.68. The van der Waals surface area contributed by atoms with Crippen LogP contribution in [0.1, 0.15) is 32.6 Å². The molecule has 1 saturated carbocycles. The number of allylic oxidation sites excluding steroid dienone is 1. The first-order valence-corrected chi connectivity index (χ1v) is 6.45. The number of rotatable bonds is 6. The van der Waals surface area contributed by atoms with Crippen LogP contribution in [0, 0.1) is 11.8 Å². The largest absolute Gasteiger partial charge is 0.464 e. The Bertz CT molecular complexity index is 288. The van der Waals surface area contributed by atoms with Gasteiger partial charge in [-0.15, -0.1) is 6.58 Å². The van der Waals surface area contributed by atoms with Crippen molar-refractivity contribution < 1.29 is 23.9 Å². The fraction of sp³-hybridized carbons (Fsp3) is 0.643. The number of hydrogen-bond donors (Lipinski definition) is 0. The lowest BCUT2D eigenvalue weighted by molar-refractivity contribution is -0.155. The van der Waals surface area contributed by atoms with Gasteiger partial charge in [-0.1, -0.05) is 18.9 Å². The van der Waals surface area contributed by atoms with Crippen molar-refractivity contribution in [1.82, 2.24) is 0 Å². The molecule has 2 atom stereocenters. The number of carbonyl (C=O) groups excluding carboxylic acids is 3. The molecule has 0 amide bonds. The van der Waals surface area contributed by atoms with E-state index in [-0.39, 0.29) is 31.0 Å². The molecule has 5 nitrogen and oxygen atoms in total. The SMILES string of the molecule is C=CC.O=COCCOC(=O)C1CCCCC1C=O. The second kappa shape index (κ2) is 11.4. The molecule has 0 spiro atoms. The van der Waals surface area contributed by atoms with E-state index in [9.17, 15) is 14.4 Å². The molecule has 0 bridgehead atoms. The molecule has 0 aromatic heterocycles. The summed E-state index contributed by atoms with van der Waals surface area (Å²) in [5.74, 6) is -0.887. The Morgan fingerprint density at radius 3 is 2.47 bits per heavy atom. The first-order chi connectivity index (χ1) is 9.21. The summed E-state index contributed by atoms with van der Waals surface area (Å²) in [6, 6.07) is 0. The molecule has 1 fully saturated rings. The zero-order chi connectivity index (χ0) is 14.5. The van der Waals surface area contributed by atoms with Crippen LogP contribution in [0.15, 0.2) is 12.7 Å². The van der Waals surface area contributed by atoms with E-state index in [1.54, 1.807) is 6.08 Å². The maximum Gasteiger partial charge on any atom is 0.309 e. The highest BCUT2D eigenvalue weighted by molar-refractivity contribution is 5.77. The van der Waals surface area contributed by atoms with Crippen molar-refractivity contribution in [2.45, 2.75) is 32.6 Å². The summed E-state index contributed by atoms with van der Waals surface area (Å²) in [4.78, 5) is 32.2. The van der Waals surface area contributed by atoms with E-state index in [0.29, 0.717) is 12.9 Å². The Morgan fingerprint density at radius 2 is 1.89 bits per heavy atom. The topological polar surface area (TPSA) is 69.7 Å². The molecule has 0 aromatic carbocycles. The van der Waals surface area contributed by atoms with Crippen LogP contribution in [0.2, 0.25) is 0 Å². The second-order valence-electron chi connectivity index (χ2n) is 4.23. The molecule has 0 N–H and O–H groups in total. The quantitative estimate of drug-likeness (QED) is 0.319. The number of aldehydes is 1. The van der Waals surface area contributed by atoms with E-state index in [1.165, 1.54) is 0 Å². The van der Waals surface area contributed by atoms with Gasteiger partial charge in [0.15, 0.2) is 0 Å². The fourth-order valence-electron chi connectivity index (χ4n) is 1.96. The van der Waals surface area contributed by atoms with Gasteiger partial charge in [-0.2, -0.15) is 0 Å². The average Bonchev–Trinajstić information content (AvgIpc) is 2.44. The highest BCUT2D eigenvalue weighted by atomic mass is 16.6. The van der Waals surface area contributed by atoms with Gasteiger partial charge in [-0.3, -0.25) is 9.59 Å². The Morgan fingerprint density at radius 1 is 1.26 bits per heavy atom. The Hall–Kier alpha value is -1.65. The van der Waals surface area contributed by atoms with E-state index in [1.807, 2.05) is 6.92 Å². The van der Waals surface area contributed by atoms with Gasteiger partial charge >= 0.3 is 5.97 Å². The van der Waals surface area contributed by atoms with E-state index in [2.05, 4.69) is 11.3 Å². The van der Waals surface area contributed by atoms with Gasteiger partial charge in [0.25, 0.3) is 6.47 Å². The minimum absolute atomic E-state index is 0.0552. The van der Waals surface area contributed by atoms with Crippen LogP contribution in [0.3, 0.4) is 0 Å². The van der Waals surface area contributed by atoms with Crippen LogP contribution in [0.4, 0.5) is 0 Å². The summed E-state index contributed by atoms with van der Waals surface area (Å²) in [5.41, 5.74) is 0. The predicted molar refractivity (Wildman–Crippen MR) is 70.4 cm³/mol. The summed E-state index contributed by atoms with van der Waals surface area (Å²) >= 11 is 0. The Kier molecular flexibility index (Phi) is 10.4. The van der Waals surface area contributed by atoms with Crippen LogP contribution < -0.4 is 0 Å². The summed E-state index contributed by atoms with van der Waals surface area (Å²) < 4.78 is 9.33. The maximum absolute atomic E-state index is 11.6. The zero-order valence-corrected chi connectivity index (χ0v) is 11.4. The van der Waals surface area contributed by atoms with E-state index < -0.39 is 0 Å². The van der Waals surface area contributed by atoms with Crippen LogP contribution in [-0.4, -0.2) is 31.9 Å². The van der Waals surface area contributed by atoms with Gasteiger partial charge in [-0.05, 0) is 19.8 Å². The molecular formula is C14H22O5. The number of ether oxygens (including phenoxy) is 2. The van der Waals surface area contributed by atoms with Gasteiger partial charge in [-0.25, -0.2) is 0 Å². The number of carbonyl (C=O) groups is 3. The first kappa shape index (κ1) is 17.4. The summed E-state index contributed by atoms with van der Waals surface area (Å²) in [6.07, 6.45) is 5.99. The molecule has 0 aromatic rings. The van der Waals surface area contributed by atoms with Crippen molar-refractivity contribution in [2.75, 3.05) is 13.2 Å². The normalized spacial score (nSPS) is 21.3. The minimum atomic E-state index is -0.355. The summed E-state index contributed by atoms with van der Waals surface area (Å²) in [7, 11) is 0. The van der Waals surface area contributed by atoms with Crippen molar-refractivity contribution in [2.24, 2.45) is 11.8 Å². The molecule has 0 saturated heterocycles. The Labute approximate surface area is 114 Å². The number of hydrogen-bond acceptors (Lipinski definition) is 5. The molecule has 1 rings (SSSR count). The van der Waals surface area contributed by atoms with Crippen molar-refractivity contribution >= 4 is 18.7 Å². The van der Waals surface area contributed by atoms with Gasteiger partial charge < -0.3 is 14.3 Å². The van der Waals surface area contributed by atoms with Crippen LogP contribution in [-0.2, 0) is 23.9 Å². The van der Waals surface area contributed by atoms with Gasteiger partial charge in [0.2, 0.25) is 0 Å². The third kappa shape index (κ3) is 7.39. The van der Waals surface area contributed by atoms with E-state index in [4.69, 9.17) is 4.74 Å². The molecule has 0 aliphatic heterocycles. The average molecular weight is 270 g/mol. The smallest absolute Gasteiger partial charge is 0.309 e. The van der Waals surface area contributed by atoms with Crippen molar-refractivity contribution in [3.05, 3.63) is 12.7 Å². The number of esters is 1. The molecule has 108 valence electrons. The van der Waals surface area contributed by atoms with Crippen LogP contribution >= 0.6 is 0 Å². The fourth-order valence-corrected chi connectivity index (χ4v) is 1.96. The lowest BCUT2D eigenvalue weighted by atomic mass is 9.80. The van der Waals surface area contributed by atoms with Gasteiger partial charge in [0.05, 0.1) is 5.92 Å². The van der Waals surface area contributed by atoms with Crippen molar-refractivity contribution in [1.29, 1.82) is 0 Å². The van der Waals surface area contributed by atoms with Gasteiger partial charge in [0.1, 0.15) is 19.5 Å². The second-order valence-corrected chi connectivity index (χ2v) is 4.23. The molecule has 0 radical (unpaired) electrons. The molecule has 2 unspecified atom stereocenters. The van der Waals surface area contributed by atoms with Crippen LogP contribution in [0.5, 0.6) is 0 Å². The summed E-state index contributed by atoms with van der Waals surface area (Å²) in [5, 5.41) is 0. The van der Waals surface area contributed by atoms with E-state index in [0.717, 1.165) is 25.5 Å². The first-order valence-electron chi connectivity index (χ1n) is 6.45. The molecule has 1 aliphatic carbocycles. The molecular weight excluding hydrogens is 248 g/mol. The minimum Gasteiger partial charge on any atom is -0.464 e. The highest BCUT2D eigenvalue weighted by Gasteiger charge is 2.31. The highest BCUT2D eigenvalue weighted by Crippen LogP contribution is 2.29. The lowest BCUT2D eigenvalue weighted by Crippen LogP contribution is -2.30. The standard InChI is InChI=1S/C11H16O5.C3H6/c12-7-9-3-1-2-4-10(9)11(14)16-6-5-15-8-13;1-3-2/h7-10H,1-6H2;3H,1H2,2H3. The third-order valence-electron chi connectivity index (χ3n) is 2.81. The predicted octanol–water partition coefficient (Wildman–Crippen LogP) is 1.90. The molecule has 5 heteroatoms. The molecule has 19 heavy (non-hydrogen) atoms.